The van der Waals surface area contributed by atoms with E-state index in [-0.39, 0.29) is 0 Å². The van der Waals surface area contributed by atoms with Crippen molar-refractivity contribution in [1.29, 1.82) is 0 Å². The Balaban J connectivity index is 1.74. The molecule has 94 valence electrons. The van der Waals surface area contributed by atoms with Crippen LogP contribution in [0, 0.1) is 5.92 Å². The molecule has 4 heteroatoms. The number of nitrogens with zero attached hydrogens (tertiary/aromatic N) is 1. The molecule has 0 aromatic heterocycles. The van der Waals surface area contributed by atoms with Crippen molar-refractivity contribution in [2.45, 2.75) is 24.9 Å². The fourth-order valence-electron chi connectivity index (χ4n) is 2.64. The minimum absolute atomic E-state index is 0.535. The molecule has 0 bridgehead atoms. The van der Waals surface area contributed by atoms with E-state index in [0.29, 0.717) is 19.1 Å². The second-order valence-electron chi connectivity index (χ2n) is 5.26. The summed E-state index contributed by atoms with van der Waals surface area (Å²) < 4.78 is 10.6. The molecule has 1 unspecified atom stereocenters. The first-order valence-corrected chi connectivity index (χ1v) is 6.24. The van der Waals surface area contributed by atoms with E-state index in [1.54, 1.807) is 0 Å². The number of ether oxygens (including phenoxy) is 2. The Kier molecular flexibility index (Phi) is 4.19. The monoisotopic (exact) mass is 229 g/mol. The van der Waals surface area contributed by atoms with Crippen LogP contribution in [0.2, 0.25) is 0 Å². The van der Waals surface area contributed by atoms with Crippen molar-refractivity contribution in [1.82, 2.24) is 4.90 Å². The SMILES string of the molecule is CN(CC1CCOC1)CC1(O)CCOCC1. The van der Waals surface area contributed by atoms with E-state index < -0.39 is 5.60 Å². The summed E-state index contributed by atoms with van der Waals surface area (Å²) in [6.45, 7) is 4.95. The van der Waals surface area contributed by atoms with Gasteiger partial charge in [-0.1, -0.05) is 0 Å². The summed E-state index contributed by atoms with van der Waals surface area (Å²) in [6, 6.07) is 0. The Labute approximate surface area is 97.5 Å². The Morgan fingerprint density at radius 3 is 2.62 bits per heavy atom. The van der Waals surface area contributed by atoms with Crippen molar-refractivity contribution in [3.8, 4) is 0 Å². The van der Waals surface area contributed by atoms with Gasteiger partial charge in [-0.2, -0.15) is 0 Å². The fourth-order valence-corrected chi connectivity index (χ4v) is 2.64. The summed E-state index contributed by atoms with van der Waals surface area (Å²) in [7, 11) is 2.09. The van der Waals surface area contributed by atoms with Gasteiger partial charge in [-0.05, 0) is 19.4 Å². The predicted octanol–water partition coefficient (Wildman–Crippen LogP) is 0.496. The Hall–Kier alpha value is -0.160. The number of aliphatic hydroxyl groups is 1. The van der Waals surface area contributed by atoms with Gasteiger partial charge >= 0.3 is 0 Å². The van der Waals surface area contributed by atoms with E-state index in [2.05, 4.69) is 11.9 Å². The predicted molar refractivity (Wildman–Crippen MR) is 61.4 cm³/mol. The first-order valence-electron chi connectivity index (χ1n) is 6.24. The van der Waals surface area contributed by atoms with Gasteiger partial charge in [-0.3, -0.25) is 0 Å². The molecular formula is C12H23NO3. The Morgan fingerprint density at radius 1 is 1.25 bits per heavy atom. The van der Waals surface area contributed by atoms with Crippen LogP contribution in [-0.4, -0.2) is 62.2 Å². The van der Waals surface area contributed by atoms with E-state index in [4.69, 9.17) is 9.47 Å². The van der Waals surface area contributed by atoms with Crippen LogP contribution in [0.3, 0.4) is 0 Å². The van der Waals surface area contributed by atoms with E-state index >= 15 is 0 Å². The molecule has 0 aromatic carbocycles. The summed E-state index contributed by atoms with van der Waals surface area (Å²) >= 11 is 0. The molecule has 16 heavy (non-hydrogen) atoms. The quantitative estimate of drug-likeness (QED) is 0.762. The highest BCUT2D eigenvalue weighted by molar-refractivity contribution is 4.84. The van der Waals surface area contributed by atoms with Crippen molar-refractivity contribution in [2.24, 2.45) is 5.92 Å². The van der Waals surface area contributed by atoms with E-state index in [9.17, 15) is 5.11 Å². The molecule has 2 saturated heterocycles. The molecule has 2 aliphatic rings. The third-order valence-corrected chi connectivity index (χ3v) is 3.58. The average molecular weight is 229 g/mol. The summed E-state index contributed by atoms with van der Waals surface area (Å²) in [6.07, 6.45) is 2.68. The maximum absolute atomic E-state index is 10.4. The lowest BCUT2D eigenvalue weighted by molar-refractivity contribution is -0.0780. The van der Waals surface area contributed by atoms with Crippen molar-refractivity contribution < 1.29 is 14.6 Å². The highest BCUT2D eigenvalue weighted by Gasteiger charge is 2.31. The molecule has 1 atom stereocenters. The number of hydrogen-bond acceptors (Lipinski definition) is 4. The second kappa shape index (κ2) is 5.45. The highest BCUT2D eigenvalue weighted by Crippen LogP contribution is 2.22. The van der Waals surface area contributed by atoms with Crippen LogP contribution in [0.5, 0.6) is 0 Å². The zero-order valence-corrected chi connectivity index (χ0v) is 10.2. The average Bonchev–Trinajstić information content (AvgIpc) is 2.70. The Bertz CT molecular complexity index is 210. The largest absolute Gasteiger partial charge is 0.388 e. The van der Waals surface area contributed by atoms with E-state index in [0.717, 1.165) is 45.6 Å². The van der Waals surface area contributed by atoms with Crippen molar-refractivity contribution in [3.63, 3.8) is 0 Å². The summed E-state index contributed by atoms with van der Waals surface area (Å²) in [4.78, 5) is 2.24. The summed E-state index contributed by atoms with van der Waals surface area (Å²) in [5, 5.41) is 10.4. The van der Waals surface area contributed by atoms with Crippen LogP contribution >= 0.6 is 0 Å². The van der Waals surface area contributed by atoms with E-state index in [1.165, 1.54) is 0 Å². The van der Waals surface area contributed by atoms with Gasteiger partial charge in [-0.25, -0.2) is 0 Å². The van der Waals surface area contributed by atoms with Gasteiger partial charge in [0.2, 0.25) is 0 Å². The van der Waals surface area contributed by atoms with Gasteiger partial charge < -0.3 is 19.5 Å². The molecule has 2 heterocycles. The maximum atomic E-state index is 10.4. The molecule has 4 nitrogen and oxygen atoms in total. The number of likely N-dealkylation sites (N-methyl/N-ethyl adjacent to an activating group) is 1. The van der Waals surface area contributed by atoms with Gasteiger partial charge in [0.15, 0.2) is 0 Å². The van der Waals surface area contributed by atoms with Crippen molar-refractivity contribution in [2.75, 3.05) is 46.6 Å². The maximum Gasteiger partial charge on any atom is 0.0817 e. The van der Waals surface area contributed by atoms with Crippen molar-refractivity contribution in [3.05, 3.63) is 0 Å². The van der Waals surface area contributed by atoms with Crippen LogP contribution in [0.25, 0.3) is 0 Å². The normalized spacial score (nSPS) is 29.8. The van der Waals surface area contributed by atoms with Crippen molar-refractivity contribution >= 4 is 0 Å². The number of rotatable bonds is 4. The first-order chi connectivity index (χ1) is 7.68. The summed E-state index contributed by atoms with van der Waals surface area (Å²) in [5.74, 6) is 0.647. The lowest BCUT2D eigenvalue weighted by Crippen LogP contribution is -2.46. The van der Waals surface area contributed by atoms with Crippen LogP contribution in [0.4, 0.5) is 0 Å². The van der Waals surface area contributed by atoms with Crippen LogP contribution < -0.4 is 0 Å². The standard InChI is InChI=1S/C12H23NO3/c1-13(8-11-2-5-16-9-11)10-12(14)3-6-15-7-4-12/h11,14H,2-10H2,1H3. The molecule has 1 N–H and O–H groups in total. The highest BCUT2D eigenvalue weighted by atomic mass is 16.5. The van der Waals surface area contributed by atoms with Gasteiger partial charge in [0.05, 0.1) is 12.2 Å². The van der Waals surface area contributed by atoms with Crippen LogP contribution in [0.1, 0.15) is 19.3 Å². The fraction of sp³-hybridized carbons (Fsp3) is 1.00. The molecule has 2 fully saturated rings. The first kappa shape index (κ1) is 12.3. The minimum Gasteiger partial charge on any atom is -0.388 e. The second-order valence-corrected chi connectivity index (χ2v) is 5.26. The molecule has 0 amide bonds. The minimum atomic E-state index is -0.535. The molecule has 2 rings (SSSR count). The molecule has 0 spiro atoms. The summed E-state index contributed by atoms with van der Waals surface area (Å²) in [5.41, 5.74) is -0.535. The Morgan fingerprint density at radius 2 is 2.00 bits per heavy atom. The molecule has 0 aromatic rings. The molecule has 2 aliphatic heterocycles. The van der Waals surface area contributed by atoms with Gasteiger partial charge in [0, 0.05) is 45.8 Å². The van der Waals surface area contributed by atoms with Crippen LogP contribution in [0.15, 0.2) is 0 Å². The van der Waals surface area contributed by atoms with Gasteiger partial charge in [-0.15, -0.1) is 0 Å². The molecule has 0 aliphatic carbocycles. The third kappa shape index (κ3) is 3.42. The molecule has 0 saturated carbocycles. The lowest BCUT2D eigenvalue weighted by Gasteiger charge is -2.36. The number of hydrogen-bond donors (Lipinski definition) is 1. The van der Waals surface area contributed by atoms with Gasteiger partial charge in [0.25, 0.3) is 0 Å². The lowest BCUT2D eigenvalue weighted by atomic mass is 9.93. The van der Waals surface area contributed by atoms with Crippen LogP contribution in [-0.2, 0) is 9.47 Å². The molecular weight excluding hydrogens is 206 g/mol. The third-order valence-electron chi connectivity index (χ3n) is 3.58. The zero-order chi connectivity index (χ0) is 11.4. The molecule has 0 radical (unpaired) electrons. The smallest absolute Gasteiger partial charge is 0.0817 e. The van der Waals surface area contributed by atoms with Gasteiger partial charge in [0.1, 0.15) is 0 Å². The van der Waals surface area contributed by atoms with E-state index in [1.807, 2.05) is 0 Å². The zero-order valence-electron chi connectivity index (χ0n) is 10.2. The topological polar surface area (TPSA) is 41.9 Å².